The van der Waals surface area contributed by atoms with Gasteiger partial charge in [-0.3, -0.25) is 4.79 Å². The molecule has 1 fully saturated rings. The summed E-state index contributed by atoms with van der Waals surface area (Å²) < 4.78 is 0. The maximum atomic E-state index is 12.3. The number of hydrogen-bond donors (Lipinski definition) is 2. The Morgan fingerprint density at radius 2 is 2.00 bits per heavy atom. The van der Waals surface area contributed by atoms with Crippen LogP contribution in [0.15, 0.2) is 42.0 Å². The van der Waals surface area contributed by atoms with Crippen LogP contribution in [0.4, 0.5) is 5.69 Å². The van der Waals surface area contributed by atoms with Crippen LogP contribution in [0.25, 0.3) is 16.8 Å². The Hall–Kier alpha value is -2.68. The van der Waals surface area contributed by atoms with Gasteiger partial charge in [0.15, 0.2) is 5.78 Å². The molecular formula is C23H26N2O3. The van der Waals surface area contributed by atoms with Crippen molar-refractivity contribution >= 4 is 28.3 Å². The van der Waals surface area contributed by atoms with Gasteiger partial charge in [-0.05, 0) is 54.8 Å². The normalized spacial score (nSPS) is 16.0. The number of hydrogen-bond acceptors (Lipinski definition) is 5. The average molecular weight is 378 g/mol. The molecule has 1 aliphatic rings. The number of anilines is 1. The summed E-state index contributed by atoms with van der Waals surface area (Å²) in [5.41, 5.74) is 2.08. The molecule has 2 aromatic carbocycles. The molecule has 28 heavy (non-hydrogen) atoms. The van der Waals surface area contributed by atoms with Gasteiger partial charge in [-0.1, -0.05) is 24.3 Å². The number of ketones is 1. The second-order valence-corrected chi connectivity index (χ2v) is 7.27. The predicted molar refractivity (Wildman–Crippen MR) is 111 cm³/mol. The standard InChI is InChI=1S/C23H26N2O3/c24-15-19(23(28)10-9-20(27)16-26)13-17-7-8-18-5-4-6-22(21(18)14-17)25-11-2-1-3-12-25/h4-8,13-14,20,26-27H,1-3,9-12,16H2/b19-13+/t20-/m0/s1. The Kier molecular flexibility index (Phi) is 6.80. The number of carbonyl (C=O) groups is 1. The molecule has 0 aromatic heterocycles. The first-order valence-corrected chi connectivity index (χ1v) is 9.84. The van der Waals surface area contributed by atoms with Crippen LogP contribution in [0.1, 0.15) is 37.7 Å². The van der Waals surface area contributed by atoms with Crippen LogP contribution in [0, 0.1) is 11.3 Å². The fourth-order valence-corrected chi connectivity index (χ4v) is 3.64. The quantitative estimate of drug-likeness (QED) is 0.569. The number of piperidine rings is 1. The highest BCUT2D eigenvalue weighted by Gasteiger charge is 2.15. The molecular weight excluding hydrogens is 352 g/mol. The molecule has 1 aliphatic heterocycles. The zero-order chi connectivity index (χ0) is 19.9. The number of allylic oxidation sites excluding steroid dienone is 1. The maximum Gasteiger partial charge on any atom is 0.173 e. The van der Waals surface area contributed by atoms with Gasteiger partial charge >= 0.3 is 0 Å². The monoisotopic (exact) mass is 378 g/mol. The van der Waals surface area contributed by atoms with E-state index in [9.17, 15) is 15.2 Å². The summed E-state index contributed by atoms with van der Waals surface area (Å²) in [4.78, 5) is 14.7. The molecule has 0 amide bonds. The van der Waals surface area contributed by atoms with Crippen molar-refractivity contribution in [2.24, 2.45) is 0 Å². The number of benzene rings is 2. The van der Waals surface area contributed by atoms with Gasteiger partial charge in [0.1, 0.15) is 6.07 Å². The van der Waals surface area contributed by atoms with E-state index in [1.54, 1.807) is 6.08 Å². The fraction of sp³-hybridized carbons (Fsp3) is 0.391. The first-order chi connectivity index (χ1) is 13.6. The number of carbonyl (C=O) groups excluding carboxylic acids is 1. The van der Waals surface area contributed by atoms with E-state index in [4.69, 9.17) is 5.11 Å². The molecule has 0 saturated carbocycles. The number of aliphatic hydroxyl groups is 2. The van der Waals surface area contributed by atoms with E-state index in [1.807, 2.05) is 24.3 Å². The number of Topliss-reactive ketones (excluding diaryl/α,β-unsaturated/α-hetero) is 1. The van der Waals surface area contributed by atoms with E-state index in [0.717, 1.165) is 29.4 Å². The van der Waals surface area contributed by atoms with Gasteiger partial charge in [0, 0.05) is 30.6 Å². The van der Waals surface area contributed by atoms with Gasteiger partial charge in [-0.25, -0.2) is 0 Å². The first-order valence-electron chi connectivity index (χ1n) is 9.84. The van der Waals surface area contributed by atoms with Crippen molar-refractivity contribution in [1.82, 2.24) is 0 Å². The van der Waals surface area contributed by atoms with Crippen molar-refractivity contribution in [2.75, 3.05) is 24.6 Å². The van der Waals surface area contributed by atoms with Crippen LogP contribution in [0.3, 0.4) is 0 Å². The van der Waals surface area contributed by atoms with Gasteiger partial charge in [-0.15, -0.1) is 0 Å². The zero-order valence-electron chi connectivity index (χ0n) is 16.0. The Labute approximate surface area is 165 Å². The molecule has 0 bridgehead atoms. The van der Waals surface area contributed by atoms with Crippen molar-refractivity contribution in [3.8, 4) is 6.07 Å². The molecule has 3 rings (SSSR count). The molecule has 0 radical (unpaired) electrons. The highest BCUT2D eigenvalue weighted by Crippen LogP contribution is 2.30. The number of nitriles is 1. The fourth-order valence-electron chi connectivity index (χ4n) is 3.64. The van der Waals surface area contributed by atoms with Crippen LogP contribution < -0.4 is 4.90 Å². The van der Waals surface area contributed by atoms with E-state index in [-0.39, 0.29) is 30.8 Å². The third-order valence-corrected chi connectivity index (χ3v) is 5.23. The van der Waals surface area contributed by atoms with Crippen molar-refractivity contribution in [2.45, 2.75) is 38.2 Å². The SMILES string of the molecule is N#C/C(=C\c1ccc2cccc(N3CCCCC3)c2c1)C(=O)CC[C@H](O)CO. The lowest BCUT2D eigenvalue weighted by atomic mass is 9.99. The lowest BCUT2D eigenvalue weighted by Gasteiger charge is -2.30. The first kappa shape index (κ1) is 20.1. The van der Waals surface area contributed by atoms with Crippen LogP contribution in [0.5, 0.6) is 0 Å². The molecule has 0 spiro atoms. The number of aliphatic hydroxyl groups excluding tert-OH is 2. The van der Waals surface area contributed by atoms with E-state index >= 15 is 0 Å². The van der Waals surface area contributed by atoms with Crippen molar-refractivity contribution in [3.05, 3.63) is 47.5 Å². The van der Waals surface area contributed by atoms with Crippen LogP contribution in [-0.4, -0.2) is 41.8 Å². The second kappa shape index (κ2) is 9.50. The number of fused-ring (bicyclic) bond motifs is 1. The van der Waals surface area contributed by atoms with Crippen molar-refractivity contribution in [3.63, 3.8) is 0 Å². The van der Waals surface area contributed by atoms with Gasteiger partial charge < -0.3 is 15.1 Å². The lowest BCUT2D eigenvalue weighted by Crippen LogP contribution is -2.29. The minimum atomic E-state index is -0.934. The Morgan fingerprint density at radius 1 is 1.21 bits per heavy atom. The van der Waals surface area contributed by atoms with Gasteiger partial charge in [0.2, 0.25) is 0 Å². The van der Waals surface area contributed by atoms with Crippen LogP contribution >= 0.6 is 0 Å². The molecule has 5 heteroatoms. The van der Waals surface area contributed by atoms with E-state index in [0.29, 0.717) is 0 Å². The predicted octanol–water partition coefficient (Wildman–Crippen LogP) is 3.44. The molecule has 1 heterocycles. The van der Waals surface area contributed by atoms with Crippen LogP contribution in [0.2, 0.25) is 0 Å². The summed E-state index contributed by atoms with van der Waals surface area (Å²) in [6.07, 6.45) is 4.52. The van der Waals surface area contributed by atoms with Crippen LogP contribution in [-0.2, 0) is 4.79 Å². The summed E-state index contributed by atoms with van der Waals surface area (Å²) in [6, 6.07) is 14.2. The molecule has 0 unspecified atom stereocenters. The van der Waals surface area contributed by atoms with Gasteiger partial charge in [0.05, 0.1) is 18.3 Å². The average Bonchev–Trinajstić information content (AvgIpc) is 2.75. The smallest absolute Gasteiger partial charge is 0.173 e. The molecule has 1 saturated heterocycles. The maximum absolute atomic E-state index is 12.3. The largest absolute Gasteiger partial charge is 0.394 e. The van der Waals surface area contributed by atoms with E-state index < -0.39 is 6.10 Å². The lowest BCUT2D eigenvalue weighted by molar-refractivity contribution is -0.115. The Bertz CT molecular complexity index is 908. The summed E-state index contributed by atoms with van der Waals surface area (Å²) in [5, 5.41) is 29.9. The molecule has 0 aliphatic carbocycles. The number of nitrogens with zero attached hydrogens (tertiary/aromatic N) is 2. The molecule has 146 valence electrons. The molecule has 5 nitrogen and oxygen atoms in total. The minimum Gasteiger partial charge on any atom is -0.394 e. The Balaban J connectivity index is 1.89. The zero-order valence-corrected chi connectivity index (χ0v) is 16.0. The summed E-state index contributed by atoms with van der Waals surface area (Å²) in [7, 11) is 0. The van der Waals surface area contributed by atoms with Crippen molar-refractivity contribution in [1.29, 1.82) is 5.26 Å². The van der Waals surface area contributed by atoms with Gasteiger partial charge in [-0.2, -0.15) is 5.26 Å². The van der Waals surface area contributed by atoms with E-state index in [2.05, 4.69) is 23.1 Å². The highest BCUT2D eigenvalue weighted by atomic mass is 16.3. The molecule has 2 N–H and O–H groups in total. The molecule has 2 aromatic rings. The number of rotatable bonds is 7. The summed E-state index contributed by atoms with van der Waals surface area (Å²) in [6.45, 7) is 1.71. The van der Waals surface area contributed by atoms with Crippen molar-refractivity contribution < 1.29 is 15.0 Å². The summed E-state index contributed by atoms with van der Waals surface area (Å²) >= 11 is 0. The topological polar surface area (TPSA) is 84.6 Å². The van der Waals surface area contributed by atoms with Gasteiger partial charge in [0.25, 0.3) is 0 Å². The second-order valence-electron chi connectivity index (χ2n) is 7.27. The minimum absolute atomic E-state index is 0.0354. The molecule has 1 atom stereocenters. The van der Waals surface area contributed by atoms with E-state index in [1.165, 1.54) is 24.9 Å². The Morgan fingerprint density at radius 3 is 2.71 bits per heavy atom. The summed E-state index contributed by atoms with van der Waals surface area (Å²) in [5.74, 6) is -0.320. The third-order valence-electron chi connectivity index (χ3n) is 5.23. The highest BCUT2D eigenvalue weighted by molar-refractivity contribution is 6.04. The third kappa shape index (κ3) is 4.78.